The summed E-state index contributed by atoms with van der Waals surface area (Å²) in [5, 5.41) is 25.1. The monoisotopic (exact) mass is 823 g/mol. The number of ether oxygens (including phenoxy) is 2. The number of esters is 1. The summed E-state index contributed by atoms with van der Waals surface area (Å²) >= 11 is 0. The number of cyclic esters (lactones) is 1. The van der Waals surface area contributed by atoms with Crippen molar-refractivity contribution in [2.45, 2.75) is 42.6 Å². The van der Waals surface area contributed by atoms with E-state index in [2.05, 4.69) is 17.2 Å². The number of nitrogens with zero attached hydrogens (tertiary/aromatic N) is 2. The van der Waals surface area contributed by atoms with Crippen LogP contribution in [0.4, 0.5) is 10.5 Å². The number of carboxylic acids is 1. The van der Waals surface area contributed by atoms with Gasteiger partial charge in [0.25, 0.3) is 0 Å². The van der Waals surface area contributed by atoms with Crippen LogP contribution in [0.2, 0.25) is 0 Å². The van der Waals surface area contributed by atoms with Gasteiger partial charge in [-0.25, -0.2) is 9.69 Å². The van der Waals surface area contributed by atoms with E-state index in [1.807, 2.05) is 91.0 Å². The SMILES string of the molecule is COc1ccc(C#Cc2ccc3c(c2)[C@]2(C(=O)N3C(=O)N[C@H](C)c3ccccc3)[C@H](c3ccc(O)cc3)N3[C@H](c4ccccc4)[C@H](c4ccccc4)OC(=O)[C@H]3[C@@H]2C(=O)O)cc1. The lowest BCUT2D eigenvalue weighted by Gasteiger charge is -2.46. The molecule has 2 fully saturated rings. The molecule has 0 saturated carbocycles. The van der Waals surface area contributed by atoms with Crippen LogP contribution in [0.1, 0.15) is 70.1 Å². The number of carbonyl (C=O) groups is 4. The molecule has 308 valence electrons. The van der Waals surface area contributed by atoms with Crippen LogP contribution in [0.5, 0.6) is 11.5 Å². The Morgan fingerprint density at radius 2 is 1.34 bits per heavy atom. The van der Waals surface area contributed by atoms with E-state index in [1.54, 1.807) is 73.5 Å². The summed E-state index contributed by atoms with van der Waals surface area (Å²) in [6, 6.07) is 41.2. The van der Waals surface area contributed by atoms with Crippen LogP contribution in [0, 0.1) is 17.8 Å². The van der Waals surface area contributed by atoms with Crippen molar-refractivity contribution >= 4 is 29.6 Å². The molecule has 0 aliphatic carbocycles. The predicted molar refractivity (Wildman–Crippen MR) is 230 cm³/mol. The molecule has 6 aromatic carbocycles. The molecule has 2 saturated heterocycles. The first-order chi connectivity index (χ1) is 30.1. The Morgan fingerprint density at radius 1 is 0.742 bits per heavy atom. The maximum atomic E-state index is 16.0. The van der Waals surface area contributed by atoms with Crippen LogP contribution < -0.4 is 15.0 Å². The van der Waals surface area contributed by atoms with Crippen molar-refractivity contribution in [1.82, 2.24) is 10.2 Å². The number of carbonyl (C=O) groups excluding carboxylic acids is 3. The van der Waals surface area contributed by atoms with Crippen LogP contribution >= 0.6 is 0 Å². The van der Waals surface area contributed by atoms with Crippen molar-refractivity contribution in [3.63, 3.8) is 0 Å². The normalized spacial score (nSPS) is 23.1. The number of benzene rings is 6. The number of aromatic hydroxyl groups is 1. The third kappa shape index (κ3) is 6.62. The lowest BCUT2D eigenvalue weighted by atomic mass is 9.65. The van der Waals surface area contributed by atoms with Crippen LogP contribution in [0.15, 0.2) is 158 Å². The van der Waals surface area contributed by atoms with Gasteiger partial charge in [-0.3, -0.25) is 19.3 Å². The predicted octanol–water partition coefficient (Wildman–Crippen LogP) is 8.02. The van der Waals surface area contributed by atoms with E-state index in [1.165, 1.54) is 12.1 Å². The Kier molecular flexibility index (Phi) is 10.3. The summed E-state index contributed by atoms with van der Waals surface area (Å²) in [4.78, 5) is 62.6. The van der Waals surface area contributed by atoms with Crippen LogP contribution in [0.25, 0.3) is 0 Å². The second-order valence-electron chi connectivity index (χ2n) is 15.6. The smallest absolute Gasteiger partial charge is 0.329 e. The Labute approximate surface area is 358 Å². The van der Waals surface area contributed by atoms with Gasteiger partial charge in [-0.1, -0.05) is 115 Å². The summed E-state index contributed by atoms with van der Waals surface area (Å²) in [7, 11) is 1.57. The number of phenolic OH excluding ortho intramolecular Hbond substituents is 1. The molecule has 0 aromatic heterocycles. The molecule has 1 spiro atoms. The van der Waals surface area contributed by atoms with Crippen LogP contribution in [-0.4, -0.2) is 52.1 Å². The molecular weight excluding hydrogens is 783 g/mol. The van der Waals surface area contributed by atoms with E-state index in [9.17, 15) is 24.6 Å². The number of fused-ring (bicyclic) bond motifs is 3. The minimum Gasteiger partial charge on any atom is -0.508 e. The van der Waals surface area contributed by atoms with Gasteiger partial charge in [0.1, 0.15) is 35.0 Å². The quantitative estimate of drug-likeness (QED) is 0.108. The zero-order valence-corrected chi connectivity index (χ0v) is 33.7. The summed E-state index contributed by atoms with van der Waals surface area (Å²) in [6.07, 6.45) is -0.935. The summed E-state index contributed by atoms with van der Waals surface area (Å²) < 4.78 is 11.7. The van der Waals surface area contributed by atoms with Gasteiger partial charge in [0.15, 0.2) is 0 Å². The van der Waals surface area contributed by atoms with Gasteiger partial charge in [-0.05, 0) is 89.3 Å². The van der Waals surface area contributed by atoms with Gasteiger partial charge in [0.2, 0.25) is 5.91 Å². The number of aliphatic carboxylic acids is 1. The highest BCUT2D eigenvalue weighted by molar-refractivity contribution is 6.24. The van der Waals surface area contributed by atoms with E-state index >= 15 is 4.79 Å². The Morgan fingerprint density at radius 3 is 1.97 bits per heavy atom. The number of urea groups is 1. The number of hydrogen-bond acceptors (Lipinski definition) is 8. The van der Waals surface area contributed by atoms with Gasteiger partial charge >= 0.3 is 18.0 Å². The van der Waals surface area contributed by atoms with Gasteiger partial charge in [-0.2, -0.15) is 0 Å². The molecule has 3 N–H and O–H groups in total. The second-order valence-corrected chi connectivity index (χ2v) is 15.6. The molecule has 3 aliphatic rings. The van der Waals surface area contributed by atoms with Crippen molar-refractivity contribution in [3.8, 4) is 23.3 Å². The third-order valence-electron chi connectivity index (χ3n) is 12.2. The standard InChI is InChI=1S/C51H41N3O8/c1-31(34-12-6-3-7-13-34)52-50(60)53-41-29-22-33(19-18-32-20-27-39(61-2)28-21-32)30-40(41)51(49(53)59)42(47(56)57)44-48(58)62-45(36-16-10-5-11-17-36)43(35-14-8-4-9-15-35)54(44)46(51)37-23-25-38(55)26-24-37/h3-17,20-31,42-46,55H,1-2H3,(H,52,60)(H,56,57)/t31-,42-,43-,44-,45+,46+,51-/m1/s1. The number of methoxy groups -OCH3 is 1. The highest BCUT2D eigenvalue weighted by Crippen LogP contribution is 2.66. The fraction of sp³-hybridized carbons (Fsp3) is 0.176. The molecule has 11 nitrogen and oxygen atoms in total. The first-order valence-electron chi connectivity index (χ1n) is 20.2. The molecule has 9 rings (SSSR count). The lowest BCUT2D eigenvalue weighted by molar-refractivity contribution is -0.179. The van der Waals surface area contributed by atoms with Crippen molar-refractivity contribution in [3.05, 3.63) is 197 Å². The zero-order valence-electron chi connectivity index (χ0n) is 33.7. The number of hydrogen-bond donors (Lipinski definition) is 3. The first-order valence-corrected chi connectivity index (χ1v) is 20.2. The van der Waals surface area contributed by atoms with Crippen molar-refractivity contribution in [1.29, 1.82) is 0 Å². The molecule has 62 heavy (non-hydrogen) atoms. The number of imide groups is 1. The summed E-state index contributed by atoms with van der Waals surface area (Å²) in [5.74, 6) is 2.06. The molecule has 0 unspecified atom stereocenters. The zero-order chi connectivity index (χ0) is 43.1. The van der Waals surface area contributed by atoms with E-state index in [0.29, 0.717) is 33.6 Å². The molecule has 3 aliphatic heterocycles. The molecule has 0 bridgehead atoms. The number of phenols is 1. The minimum absolute atomic E-state index is 0.0582. The van der Waals surface area contributed by atoms with E-state index in [4.69, 9.17) is 9.47 Å². The average Bonchev–Trinajstić information content (AvgIpc) is 3.76. The molecular formula is C51H41N3O8. The molecule has 7 atom stereocenters. The highest BCUT2D eigenvalue weighted by Gasteiger charge is 2.76. The fourth-order valence-corrected chi connectivity index (χ4v) is 9.52. The van der Waals surface area contributed by atoms with Gasteiger partial charge in [-0.15, -0.1) is 0 Å². The van der Waals surface area contributed by atoms with Crippen molar-refractivity contribution in [2.75, 3.05) is 12.0 Å². The Balaban J connectivity index is 1.30. The number of nitrogens with one attached hydrogen (secondary N) is 1. The fourth-order valence-electron chi connectivity index (χ4n) is 9.52. The topological polar surface area (TPSA) is 146 Å². The van der Waals surface area contributed by atoms with E-state index in [0.717, 1.165) is 10.5 Å². The Bertz CT molecular complexity index is 2740. The molecule has 3 amide bonds. The number of anilines is 1. The number of morpholine rings is 1. The molecule has 6 aromatic rings. The minimum atomic E-state index is -2.13. The van der Waals surface area contributed by atoms with Gasteiger partial charge in [0.05, 0.1) is 30.9 Å². The number of amides is 3. The average molecular weight is 824 g/mol. The Hall–Kier alpha value is -7.68. The maximum Gasteiger partial charge on any atom is 0.329 e. The largest absolute Gasteiger partial charge is 0.508 e. The summed E-state index contributed by atoms with van der Waals surface area (Å²) in [5.41, 5.74) is 1.94. The third-order valence-corrected chi connectivity index (χ3v) is 12.2. The van der Waals surface area contributed by atoms with E-state index in [-0.39, 0.29) is 17.0 Å². The number of carboxylic acid groups (broad SMARTS) is 1. The van der Waals surface area contributed by atoms with Crippen molar-refractivity contribution in [2.24, 2.45) is 5.92 Å². The van der Waals surface area contributed by atoms with Crippen molar-refractivity contribution < 1.29 is 38.9 Å². The first kappa shape index (κ1) is 39.8. The van der Waals surface area contributed by atoms with Gasteiger partial charge < -0.3 is 25.0 Å². The highest BCUT2D eigenvalue weighted by atomic mass is 16.6. The molecule has 11 heteroatoms. The summed E-state index contributed by atoms with van der Waals surface area (Å²) in [6.45, 7) is 1.79. The number of rotatable bonds is 7. The second kappa shape index (κ2) is 16.1. The van der Waals surface area contributed by atoms with Gasteiger partial charge in [0, 0.05) is 11.1 Å². The molecule has 0 radical (unpaired) electrons. The van der Waals surface area contributed by atoms with Crippen LogP contribution in [0.3, 0.4) is 0 Å². The van der Waals surface area contributed by atoms with E-state index < -0.39 is 65.5 Å². The maximum absolute atomic E-state index is 16.0. The lowest BCUT2D eigenvalue weighted by Crippen LogP contribution is -2.54. The molecule has 3 heterocycles. The van der Waals surface area contributed by atoms with Crippen LogP contribution in [-0.2, 0) is 24.5 Å².